The molecule has 0 bridgehead atoms. The van der Waals surface area contributed by atoms with Gasteiger partial charge in [0.1, 0.15) is 24.4 Å². The predicted molar refractivity (Wildman–Crippen MR) is 143 cm³/mol. The fourth-order valence-corrected chi connectivity index (χ4v) is 4.20. The van der Waals surface area contributed by atoms with Gasteiger partial charge in [-0.25, -0.2) is 4.79 Å². The first-order valence-corrected chi connectivity index (χ1v) is 16.1. The molecule has 0 unspecified atom stereocenters. The smallest absolute Gasteiger partial charge is 0.333 e. The van der Waals surface area contributed by atoms with E-state index >= 15 is 0 Å². The van der Waals surface area contributed by atoms with Crippen LogP contribution in [0.5, 0.6) is 0 Å². The van der Waals surface area contributed by atoms with Crippen LogP contribution in [-0.2, 0) is 19.0 Å². The first-order valence-electron chi connectivity index (χ1n) is 11.8. The molecule has 1 aromatic rings. The van der Waals surface area contributed by atoms with Crippen molar-refractivity contribution >= 4 is 31.7 Å². The first-order chi connectivity index (χ1) is 16.0. The van der Waals surface area contributed by atoms with Crippen molar-refractivity contribution in [3.63, 3.8) is 0 Å². The van der Waals surface area contributed by atoms with E-state index in [0.717, 1.165) is 23.6 Å². The van der Waals surface area contributed by atoms with Gasteiger partial charge in [0, 0.05) is 32.6 Å². The molecular weight excluding hydrogens is 468 g/mol. The van der Waals surface area contributed by atoms with E-state index in [9.17, 15) is 4.79 Å². The van der Waals surface area contributed by atoms with Gasteiger partial charge >= 0.3 is 5.97 Å². The lowest BCUT2D eigenvalue weighted by Gasteiger charge is -2.27. The minimum absolute atomic E-state index is 0.0157. The van der Waals surface area contributed by atoms with Crippen LogP contribution >= 0.6 is 11.6 Å². The molecule has 0 aliphatic rings. The summed E-state index contributed by atoms with van der Waals surface area (Å²) >= 11 is 5.69. The molecule has 0 amide bonds. The standard InChI is InChI=1S/C27H41ClO5Si/c1-9-31-27(29)22(5)18-23-17-21(4)25(33-23)26(32-19-30-15-16-34(6,7)8)24(20(2)3)13-11-10-12-14-28/h17-18,24,26H,2,9,11,13-16,19H2,1,3-8H3/b22-18-/t24-,26+/m0/s1. The molecule has 0 fully saturated rings. The van der Waals surface area contributed by atoms with Crippen LogP contribution in [-0.4, -0.2) is 39.9 Å². The molecule has 5 nitrogen and oxygen atoms in total. The number of halogens is 1. The second kappa shape index (κ2) is 15.3. The van der Waals surface area contributed by atoms with Crippen molar-refractivity contribution in [1.29, 1.82) is 0 Å². The number of ether oxygens (including phenoxy) is 3. The van der Waals surface area contributed by atoms with Crippen LogP contribution in [0.1, 0.15) is 56.8 Å². The zero-order valence-corrected chi connectivity index (χ0v) is 23.6. The number of carbonyl (C=O) groups excluding carboxylic acids is 1. The number of aryl methyl sites for hydroxylation is 1. The van der Waals surface area contributed by atoms with Gasteiger partial charge < -0.3 is 18.6 Å². The summed E-state index contributed by atoms with van der Waals surface area (Å²) in [5.41, 5.74) is 2.39. The minimum Gasteiger partial charge on any atom is -0.463 e. The molecule has 7 heteroatoms. The van der Waals surface area contributed by atoms with E-state index in [0.29, 0.717) is 42.6 Å². The second-order valence-electron chi connectivity index (χ2n) is 9.65. The van der Waals surface area contributed by atoms with Gasteiger partial charge in [-0.3, -0.25) is 0 Å². The van der Waals surface area contributed by atoms with Gasteiger partial charge in [0.15, 0.2) is 0 Å². The number of esters is 1. The molecule has 1 rings (SSSR count). The summed E-state index contributed by atoms with van der Waals surface area (Å²) in [7, 11) is -1.18. The van der Waals surface area contributed by atoms with Gasteiger partial charge in [0.05, 0.1) is 12.5 Å². The third kappa shape index (κ3) is 11.1. The zero-order chi connectivity index (χ0) is 25.7. The number of rotatable bonds is 14. The molecule has 2 atom stereocenters. The molecule has 34 heavy (non-hydrogen) atoms. The summed E-state index contributed by atoms with van der Waals surface area (Å²) in [4.78, 5) is 12.0. The van der Waals surface area contributed by atoms with Crippen molar-refractivity contribution in [2.45, 2.75) is 72.3 Å². The Kier molecular flexibility index (Phi) is 13.6. The highest BCUT2D eigenvalue weighted by Crippen LogP contribution is 2.37. The third-order valence-electron chi connectivity index (χ3n) is 5.29. The van der Waals surface area contributed by atoms with E-state index in [1.165, 1.54) is 0 Å². The first kappa shape index (κ1) is 30.2. The Morgan fingerprint density at radius 2 is 2.00 bits per heavy atom. The molecule has 0 saturated carbocycles. The Morgan fingerprint density at radius 3 is 2.59 bits per heavy atom. The van der Waals surface area contributed by atoms with E-state index in [-0.39, 0.29) is 24.8 Å². The Labute approximate surface area is 211 Å². The maximum absolute atomic E-state index is 12.0. The van der Waals surface area contributed by atoms with E-state index in [2.05, 4.69) is 38.1 Å². The van der Waals surface area contributed by atoms with Gasteiger partial charge in [0.2, 0.25) is 0 Å². The summed E-state index contributed by atoms with van der Waals surface area (Å²) in [5.74, 6) is 7.21. The maximum Gasteiger partial charge on any atom is 0.333 e. The van der Waals surface area contributed by atoms with Crippen LogP contribution in [0.25, 0.3) is 6.08 Å². The van der Waals surface area contributed by atoms with E-state index in [1.54, 1.807) is 19.9 Å². The Morgan fingerprint density at radius 1 is 1.29 bits per heavy atom. The molecule has 0 radical (unpaired) electrons. The molecule has 190 valence electrons. The molecule has 0 aliphatic carbocycles. The number of alkyl halides is 1. The SMILES string of the molecule is C=C(C)[C@H](CCC#CCCl)[C@@H](OCOCC[Si](C)(C)C)c1oc(/C=C(/C)C(=O)OCC)cc1C. The fourth-order valence-electron chi connectivity index (χ4n) is 3.35. The highest BCUT2D eigenvalue weighted by Gasteiger charge is 2.29. The number of hydrogen-bond acceptors (Lipinski definition) is 5. The van der Waals surface area contributed by atoms with Crippen LogP contribution in [0.15, 0.2) is 28.2 Å². The van der Waals surface area contributed by atoms with Crippen LogP contribution in [0.3, 0.4) is 0 Å². The van der Waals surface area contributed by atoms with Crippen LogP contribution in [0.4, 0.5) is 0 Å². The lowest BCUT2D eigenvalue weighted by atomic mass is 9.88. The van der Waals surface area contributed by atoms with Gasteiger partial charge in [-0.2, -0.15) is 0 Å². The molecule has 0 spiro atoms. The highest BCUT2D eigenvalue weighted by molar-refractivity contribution is 6.76. The molecular formula is C27H41ClO5Si. The summed E-state index contributed by atoms with van der Waals surface area (Å²) in [6.07, 6.45) is 2.74. The van der Waals surface area contributed by atoms with Crippen LogP contribution in [0, 0.1) is 24.7 Å². The highest BCUT2D eigenvalue weighted by atomic mass is 35.5. The molecule has 0 N–H and O–H groups in total. The number of furan rings is 1. The zero-order valence-electron chi connectivity index (χ0n) is 21.9. The monoisotopic (exact) mass is 508 g/mol. The average molecular weight is 509 g/mol. The van der Waals surface area contributed by atoms with Crippen molar-refractivity contribution in [3.8, 4) is 11.8 Å². The second-order valence-corrected chi connectivity index (χ2v) is 15.5. The predicted octanol–water partition coefficient (Wildman–Crippen LogP) is 7.14. The third-order valence-corrected chi connectivity index (χ3v) is 7.13. The summed E-state index contributed by atoms with van der Waals surface area (Å²) in [5, 5.41) is 0. The molecule has 0 aliphatic heterocycles. The summed E-state index contributed by atoms with van der Waals surface area (Å²) in [6.45, 7) is 19.8. The fraction of sp³-hybridized carbons (Fsp3) is 0.593. The minimum atomic E-state index is -1.18. The average Bonchev–Trinajstić information content (AvgIpc) is 3.10. The number of carbonyl (C=O) groups is 1. The summed E-state index contributed by atoms with van der Waals surface area (Å²) in [6, 6.07) is 2.98. The van der Waals surface area contributed by atoms with Crippen LogP contribution in [0.2, 0.25) is 25.7 Å². The lowest BCUT2D eigenvalue weighted by Crippen LogP contribution is -2.23. The summed E-state index contributed by atoms with van der Waals surface area (Å²) < 4.78 is 23.3. The Balaban J connectivity index is 3.15. The topological polar surface area (TPSA) is 57.9 Å². The quantitative estimate of drug-likeness (QED) is 0.0390. The van der Waals surface area contributed by atoms with E-state index in [1.807, 2.05) is 19.9 Å². The molecule has 1 aromatic heterocycles. The van der Waals surface area contributed by atoms with Gasteiger partial charge in [-0.15, -0.1) is 17.5 Å². The van der Waals surface area contributed by atoms with E-state index < -0.39 is 8.07 Å². The molecule has 1 heterocycles. The van der Waals surface area contributed by atoms with Crippen molar-refractivity contribution < 1.29 is 23.4 Å². The van der Waals surface area contributed by atoms with Crippen LogP contribution < -0.4 is 0 Å². The van der Waals surface area contributed by atoms with Crippen molar-refractivity contribution in [1.82, 2.24) is 0 Å². The lowest BCUT2D eigenvalue weighted by molar-refractivity contribution is -0.138. The Hall–Kier alpha value is -1.78. The molecule has 0 aromatic carbocycles. The maximum atomic E-state index is 12.0. The van der Waals surface area contributed by atoms with Gasteiger partial charge in [-0.1, -0.05) is 37.7 Å². The van der Waals surface area contributed by atoms with Gasteiger partial charge in [-0.05, 0) is 57.9 Å². The van der Waals surface area contributed by atoms with Gasteiger partial charge in [0.25, 0.3) is 0 Å². The van der Waals surface area contributed by atoms with Crippen molar-refractivity contribution in [2.75, 3.05) is 25.9 Å². The van der Waals surface area contributed by atoms with Crippen molar-refractivity contribution in [3.05, 3.63) is 40.9 Å². The molecule has 0 saturated heterocycles. The Bertz CT molecular complexity index is 885. The van der Waals surface area contributed by atoms with Crippen molar-refractivity contribution in [2.24, 2.45) is 5.92 Å². The normalized spacial score (nSPS) is 13.7. The number of hydrogen-bond donors (Lipinski definition) is 0. The largest absolute Gasteiger partial charge is 0.463 e. The van der Waals surface area contributed by atoms with E-state index in [4.69, 9.17) is 30.2 Å².